The Balaban J connectivity index is 1.68. The first kappa shape index (κ1) is 19.5. The Labute approximate surface area is 162 Å². The van der Waals surface area contributed by atoms with Gasteiger partial charge in [-0.15, -0.1) is 0 Å². The molecule has 1 saturated heterocycles. The van der Waals surface area contributed by atoms with E-state index in [1.165, 1.54) is 6.07 Å². The first-order valence-electron chi connectivity index (χ1n) is 9.08. The minimum atomic E-state index is -1.17. The van der Waals surface area contributed by atoms with Crippen molar-refractivity contribution in [3.05, 3.63) is 71.0 Å². The monoisotopic (exact) mass is 383 g/mol. The molecule has 1 atom stereocenters. The molecule has 0 aromatic heterocycles. The lowest BCUT2D eigenvalue weighted by Crippen LogP contribution is -2.44. The predicted molar refractivity (Wildman–Crippen MR) is 102 cm³/mol. The Bertz CT molecular complexity index is 916. The molecule has 146 valence electrons. The molecule has 0 bridgehead atoms. The maximum atomic E-state index is 13.6. The topological polar surface area (TPSA) is 78.5 Å². The lowest BCUT2D eigenvalue weighted by Gasteiger charge is -2.25. The molecule has 0 spiro atoms. The zero-order chi connectivity index (χ0) is 20.3. The second kappa shape index (κ2) is 7.80. The zero-order valence-corrected chi connectivity index (χ0v) is 15.8. The maximum Gasteiger partial charge on any atom is 0.325 e. The summed E-state index contributed by atoms with van der Waals surface area (Å²) in [5, 5.41) is 5.35. The van der Waals surface area contributed by atoms with Gasteiger partial charge in [-0.25, -0.2) is 9.18 Å². The number of imide groups is 1. The summed E-state index contributed by atoms with van der Waals surface area (Å²) in [5.41, 5.74) is 0.625. The van der Waals surface area contributed by atoms with Crippen molar-refractivity contribution in [2.75, 3.05) is 6.54 Å². The molecule has 28 heavy (non-hydrogen) atoms. The van der Waals surface area contributed by atoms with Gasteiger partial charge in [0.25, 0.3) is 5.91 Å². The van der Waals surface area contributed by atoms with E-state index in [9.17, 15) is 18.8 Å². The molecule has 0 aliphatic carbocycles. The second-order valence-electron chi connectivity index (χ2n) is 6.81. The first-order valence-corrected chi connectivity index (χ1v) is 9.08. The van der Waals surface area contributed by atoms with Crippen LogP contribution < -0.4 is 10.6 Å². The molecule has 0 radical (unpaired) electrons. The van der Waals surface area contributed by atoms with Crippen LogP contribution in [0.4, 0.5) is 9.18 Å². The molecule has 4 amide bonds. The molecule has 6 nitrogen and oxygen atoms in total. The van der Waals surface area contributed by atoms with Crippen LogP contribution in [0.15, 0.2) is 48.5 Å². The normalized spacial score (nSPS) is 18.9. The second-order valence-corrected chi connectivity index (χ2v) is 6.81. The number of urea groups is 1. The van der Waals surface area contributed by atoms with Crippen molar-refractivity contribution in [1.82, 2.24) is 15.5 Å². The van der Waals surface area contributed by atoms with E-state index in [1.54, 1.807) is 50.2 Å². The minimum Gasteiger partial charge on any atom is -0.350 e. The number of carbonyl (C=O) groups is 3. The molecule has 1 fully saturated rings. The van der Waals surface area contributed by atoms with E-state index >= 15 is 0 Å². The van der Waals surface area contributed by atoms with Crippen molar-refractivity contribution in [2.45, 2.75) is 32.4 Å². The molecular weight excluding hydrogens is 361 g/mol. The lowest BCUT2D eigenvalue weighted by molar-refractivity contribution is -0.135. The van der Waals surface area contributed by atoms with Crippen LogP contribution >= 0.6 is 0 Å². The number of carbonyl (C=O) groups excluding carboxylic acids is 3. The van der Waals surface area contributed by atoms with Gasteiger partial charge in [0, 0.05) is 6.54 Å². The van der Waals surface area contributed by atoms with Gasteiger partial charge in [0.1, 0.15) is 17.9 Å². The molecule has 1 aliphatic rings. The highest BCUT2D eigenvalue weighted by molar-refractivity contribution is 6.09. The number of rotatable bonds is 6. The Morgan fingerprint density at radius 3 is 2.54 bits per heavy atom. The summed E-state index contributed by atoms with van der Waals surface area (Å²) >= 11 is 0. The van der Waals surface area contributed by atoms with Crippen LogP contribution in [0.2, 0.25) is 0 Å². The van der Waals surface area contributed by atoms with Crippen molar-refractivity contribution < 1.29 is 18.8 Å². The van der Waals surface area contributed by atoms with Crippen LogP contribution in [0.5, 0.6) is 0 Å². The van der Waals surface area contributed by atoms with Gasteiger partial charge in [0.05, 0.1) is 0 Å². The molecule has 2 N–H and O–H groups in total. The number of aryl methyl sites for hydroxylation is 1. The van der Waals surface area contributed by atoms with E-state index in [4.69, 9.17) is 0 Å². The van der Waals surface area contributed by atoms with Gasteiger partial charge in [-0.05, 0) is 36.1 Å². The largest absolute Gasteiger partial charge is 0.350 e. The third kappa shape index (κ3) is 3.60. The smallest absolute Gasteiger partial charge is 0.325 e. The van der Waals surface area contributed by atoms with E-state index in [1.807, 2.05) is 6.07 Å². The number of nitrogens with zero attached hydrogens (tertiary/aromatic N) is 1. The highest BCUT2D eigenvalue weighted by Gasteiger charge is 2.51. The third-order valence-corrected chi connectivity index (χ3v) is 5.00. The summed E-state index contributed by atoms with van der Waals surface area (Å²) in [6.45, 7) is 3.17. The quantitative estimate of drug-likeness (QED) is 0.753. The molecule has 7 heteroatoms. The standard InChI is InChI=1S/C21H22FN3O3/c1-3-21(16-7-5-4-6-8-16)19(27)25(20(28)24-21)13-18(26)23-12-15-10-9-14(2)17(22)11-15/h4-11H,3,12-13H2,1-2H3,(H,23,26)(H,24,28). The maximum absolute atomic E-state index is 13.6. The number of hydrogen-bond acceptors (Lipinski definition) is 3. The van der Waals surface area contributed by atoms with Gasteiger partial charge in [0.2, 0.25) is 5.91 Å². The molecule has 3 rings (SSSR count). The van der Waals surface area contributed by atoms with E-state index in [-0.39, 0.29) is 12.4 Å². The van der Waals surface area contributed by atoms with Crippen molar-refractivity contribution in [1.29, 1.82) is 0 Å². The van der Waals surface area contributed by atoms with E-state index in [0.29, 0.717) is 23.1 Å². The summed E-state index contributed by atoms with van der Waals surface area (Å²) in [6, 6.07) is 13.0. The Hall–Kier alpha value is -3.22. The van der Waals surface area contributed by atoms with Crippen LogP contribution in [-0.4, -0.2) is 29.3 Å². The van der Waals surface area contributed by atoms with Crippen LogP contribution in [0, 0.1) is 12.7 Å². The number of benzene rings is 2. The van der Waals surface area contributed by atoms with E-state index in [0.717, 1.165) is 4.90 Å². The van der Waals surface area contributed by atoms with Gasteiger partial charge < -0.3 is 10.6 Å². The number of halogens is 1. The molecule has 1 heterocycles. The SMILES string of the molecule is CCC1(c2ccccc2)NC(=O)N(CC(=O)NCc2ccc(C)c(F)c2)C1=O. The Kier molecular flexibility index (Phi) is 5.44. The van der Waals surface area contributed by atoms with Gasteiger partial charge in [-0.1, -0.05) is 49.4 Å². The summed E-state index contributed by atoms with van der Waals surface area (Å²) in [6.07, 6.45) is 0.363. The summed E-state index contributed by atoms with van der Waals surface area (Å²) in [5.74, 6) is -1.30. The van der Waals surface area contributed by atoms with Crippen LogP contribution in [0.3, 0.4) is 0 Å². The fourth-order valence-electron chi connectivity index (χ4n) is 3.28. The summed E-state index contributed by atoms with van der Waals surface area (Å²) < 4.78 is 13.6. The summed E-state index contributed by atoms with van der Waals surface area (Å²) in [7, 11) is 0. The van der Waals surface area contributed by atoms with Gasteiger partial charge >= 0.3 is 6.03 Å². The van der Waals surface area contributed by atoms with Crippen LogP contribution in [-0.2, 0) is 21.7 Å². The number of amides is 4. The molecule has 2 aromatic carbocycles. The molecular formula is C21H22FN3O3. The minimum absolute atomic E-state index is 0.108. The van der Waals surface area contributed by atoms with E-state index < -0.39 is 29.9 Å². The Morgan fingerprint density at radius 1 is 1.18 bits per heavy atom. The molecule has 1 aliphatic heterocycles. The first-order chi connectivity index (χ1) is 13.4. The Morgan fingerprint density at radius 2 is 1.89 bits per heavy atom. The van der Waals surface area contributed by atoms with Crippen molar-refractivity contribution in [2.24, 2.45) is 0 Å². The van der Waals surface area contributed by atoms with Crippen molar-refractivity contribution in [3.63, 3.8) is 0 Å². The number of hydrogen-bond donors (Lipinski definition) is 2. The fourth-order valence-corrected chi connectivity index (χ4v) is 3.28. The molecule has 0 saturated carbocycles. The van der Waals surface area contributed by atoms with Gasteiger partial charge in [-0.2, -0.15) is 0 Å². The average molecular weight is 383 g/mol. The molecule has 2 aromatic rings. The highest BCUT2D eigenvalue weighted by atomic mass is 19.1. The van der Waals surface area contributed by atoms with E-state index in [2.05, 4.69) is 10.6 Å². The fraction of sp³-hybridized carbons (Fsp3) is 0.286. The molecule has 1 unspecified atom stereocenters. The summed E-state index contributed by atoms with van der Waals surface area (Å²) in [4.78, 5) is 38.6. The average Bonchev–Trinajstić information content (AvgIpc) is 2.94. The highest BCUT2D eigenvalue weighted by Crippen LogP contribution is 2.32. The zero-order valence-electron chi connectivity index (χ0n) is 15.8. The van der Waals surface area contributed by atoms with Gasteiger partial charge in [-0.3, -0.25) is 14.5 Å². The van der Waals surface area contributed by atoms with Crippen LogP contribution in [0.1, 0.15) is 30.0 Å². The van der Waals surface area contributed by atoms with Crippen LogP contribution in [0.25, 0.3) is 0 Å². The van der Waals surface area contributed by atoms with Crippen molar-refractivity contribution >= 4 is 17.8 Å². The van der Waals surface area contributed by atoms with Crippen molar-refractivity contribution in [3.8, 4) is 0 Å². The lowest BCUT2D eigenvalue weighted by atomic mass is 9.87. The van der Waals surface area contributed by atoms with Gasteiger partial charge in [0.15, 0.2) is 0 Å². The number of nitrogens with one attached hydrogen (secondary N) is 2. The third-order valence-electron chi connectivity index (χ3n) is 5.00. The predicted octanol–water partition coefficient (Wildman–Crippen LogP) is 2.61.